The average Bonchev–Trinajstić information content (AvgIpc) is 2.44. The number of benzene rings is 1. The second-order valence-corrected chi connectivity index (χ2v) is 4.32. The van der Waals surface area contributed by atoms with Gasteiger partial charge in [0, 0.05) is 18.7 Å². The number of carbonyl (C=O) groups excluding carboxylic acids is 1. The van der Waals surface area contributed by atoms with Gasteiger partial charge in [-0.15, -0.1) is 6.42 Å². The van der Waals surface area contributed by atoms with Crippen LogP contribution in [-0.2, 0) is 4.79 Å². The maximum Gasteiger partial charge on any atom is 0.322 e. The number of nitrogens with zero attached hydrogens (tertiary/aromatic N) is 1. The Morgan fingerprint density at radius 2 is 2.05 bits per heavy atom. The predicted molar refractivity (Wildman–Crippen MR) is 77.5 cm³/mol. The number of hydrogen-bond donors (Lipinski definition) is 2. The van der Waals surface area contributed by atoms with E-state index in [1.165, 1.54) is 4.90 Å². The number of para-hydroxylation sites is 1. The first-order valence-electron chi connectivity index (χ1n) is 6.35. The summed E-state index contributed by atoms with van der Waals surface area (Å²) in [6.45, 7) is 2.03. The van der Waals surface area contributed by atoms with Crippen molar-refractivity contribution in [1.29, 1.82) is 0 Å². The molecule has 20 heavy (non-hydrogen) atoms. The molecule has 1 unspecified atom stereocenters. The Hall–Kier alpha value is -2.48. The molecule has 0 saturated heterocycles. The molecule has 0 aliphatic carbocycles. The summed E-state index contributed by atoms with van der Waals surface area (Å²) < 4.78 is 0. The second-order valence-electron chi connectivity index (χ2n) is 4.32. The number of carboxylic acid groups (broad SMARTS) is 1. The molecular weight excluding hydrogens is 256 g/mol. The van der Waals surface area contributed by atoms with Crippen molar-refractivity contribution >= 4 is 17.7 Å². The third-order valence-corrected chi connectivity index (χ3v) is 2.68. The molecule has 1 atom stereocenters. The lowest BCUT2D eigenvalue weighted by Crippen LogP contribution is -2.44. The largest absolute Gasteiger partial charge is 0.481 e. The van der Waals surface area contributed by atoms with Crippen molar-refractivity contribution in [2.45, 2.75) is 25.8 Å². The van der Waals surface area contributed by atoms with E-state index >= 15 is 0 Å². The summed E-state index contributed by atoms with van der Waals surface area (Å²) in [5, 5.41) is 11.3. The normalized spacial score (nSPS) is 11.2. The average molecular weight is 274 g/mol. The minimum absolute atomic E-state index is 0.0152. The molecule has 0 heterocycles. The molecule has 0 aromatic heterocycles. The van der Waals surface area contributed by atoms with Gasteiger partial charge in [0.2, 0.25) is 0 Å². The lowest BCUT2D eigenvalue weighted by Gasteiger charge is -2.24. The number of anilines is 1. The Morgan fingerprint density at radius 1 is 1.40 bits per heavy atom. The van der Waals surface area contributed by atoms with Gasteiger partial charge in [0.15, 0.2) is 0 Å². The van der Waals surface area contributed by atoms with Crippen LogP contribution in [0.2, 0.25) is 0 Å². The van der Waals surface area contributed by atoms with Crippen LogP contribution in [0.3, 0.4) is 0 Å². The standard InChI is InChI=1S/C15H18N2O3/c1-3-12(2)16-15(20)17(11-7-10-14(18)19)13-8-5-4-6-9-13/h1,4-6,8-9,12H,7,10-11H2,2H3,(H,16,20)(H,18,19). The van der Waals surface area contributed by atoms with Gasteiger partial charge in [-0.05, 0) is 25.5 Å². The number of hydrogen-bond acceptors (Lipinski definition) is 2. The number of amides is 2. The van der Waals surface area contributed by atoms with E-state index in [9.17, 15) is 9.59 Å². The molecule has 0 bridgehead atoms. The highest BCUT2D eigenvalue weighted by molar-refractivity contribution is 5.92. The van der Waals surface area contributed by atoms with E-state index in [1.54, 1.807) is 19.1 Å². The van der Waals surface area contributed by atoms with Crippen LogP contribution in [-0.4, -0.2) is 29.7 Å². The fourth-order valence-electron chi connectivity index (χ4n) is 1.65. The molecule has 1 aromatic rings. The van der Waals surface area contributed by atoms with E-state index in [0.717, 1.165) is 0 Å². The summed E-state index contributed by atoms with van der Waals surface area (Å²) in [6, 6.07) is 8.36. The van der Waals surface area contributed by atoms with Gasteiger partial charge in [-0.2, -0.15) is 0 Å². The van der Waals surface area contributed by atoms with Crippen LogP contribution in [0.5, 0.6) is 0 Å². The minimum atomic E-state index is -0.879. The molecular formula is C15H18N2O3. The third-order valence-electron chi connectivity index (χ3n) is 2.68. The molecule has 5 heteroatoms. The SMILES string of the molecule is C#CC(C)NC(=O)N(CCCC(=O)O)c1ccccc1. The summed E-state index contributed by atoms with van der Waals surface area (Å²) in [4.78, 5) is 24.2. The number of terminal acetylenes is 1. The maximum atomic E-state index is 12.2. The van der Waals surface area contributed by atoms with Crippen molar-refractivity contribution in [2.24, 2.45) is 0 Å². The van der Waals surface area contributed by atoms with Crippen LogP contribution in [0.15, 0.2) is 30.3 Å². The summed E-state index contributed by atoms with van der Waals surface area (Å²) >= 11 is 0. The molecule has 2 N–H and O–H groups in total. The topological polar surface area (TPSA) is 69.6 Å². The monoisotopic (exact) mass is 274 g/mol. The molecule has 0 aliphatic heterocycles. The first-order valence-corrected chi connectivity index (χ1v) is 6.35. The van der Waals surface area contributed by atoms with E-state index in [0.29, 0.717) is 18.7 Å². The Morgan fingerprint density at radius 3 is 2.60 bits per heavy atom. The third kappa shape index (κ3) is 5.02. The highest BCUT2D eigenvalue weighted by Crippen LogP contribution is 2.14. The van der Waals surface area contributed by atoms with Crippen LogP contribution in [0.4, 0.5) is 10.5 Å². The highest BCUT2D eigenvalue weighted by atomic mass is 16.4. The fraction of sp³-hybridized carbons (Fsp3) is 0.333. The van der Waals surface area contributed by atoms with Crippen LogP contribution in [0, 0.1) is 12.3 Å². The Balaban J connectivity index is 2.77. The lowest BCUT2D eigenvalue weighted by molar-refractivity contribution is -0.137. The van der Waals surface area contributed by atoms with Crippen molar-refractivity contribution in [3.8, 4) is 12.3 Å². The zero-order chi connectivity index (χ0) is 15.0. The zero-order valence-corrected chi connectivity index (χ0v) is 11.4. The second kappa shape index (κ2) is 7.85. The molecule has 5 nitrogen and oxygen atoms in total. The molecule has 0 fully saturated rings. The molecule has 0 aliphatic rings. The Labute approximate surface area is 118 Å². The van der Waals surface area contributed by atoms with Gasteiger partial charge in [-0.1, -0.05) is 24.1 Å². The summed E-state index contributed by atoms with van der Waals surface area (Å²) in [5.41, 5.74) is 0.708. The van der Waals surface area contributed by atoms with Crippen molar-refractivity contribution in [1.82, 2.24) is 5.32 Å². The quantitative estimate of drug-likeness (QED) is 0.780. The molecule has 0 spiro atoms. The molecule has 106 valence electrons. The van der Waals surface area contributed by atoms with Gasteiger partial charge in [0.25, 0.3) is 0 Å². The Bertz CT molecular complexity index is 494. The van der Waals surface area contributed by atoms with Gasteiger partial charge in [0.1, 0.15) is 0 Å². The number of aliphatic carboxylic acids is 1. The van der Waals surface area contributed by atoms with Crippen LogP contribution in [0.1, 0.15) is 19.8 Å². The van der Waals surface area contributed by atoms with Crippen molar-refractivity contribution < 1.29 is 14.7 Å². The van der Waals surface area contributed by atoms with Crippen molar-refractivity contribution in [3.63, 3.8) is 0 Å². The van der Waals surface area contributed by atoms with Gasteiger partial charge in [-0.25, -0.2) is 4.79 Å². The summed E-state index contributed by atoms with van der Waals surface area (Å²) in [5.74, 6) is 1.54. The highest BCUT2D eigenvalue weighted by Gasteiger charge is 2.16. The maximum absolute atomic E-state index is 12.2. The number of carboxylic acids is 1. The lowest BCUT2D eigenvalue weighted by atomic mass is 10.2. The summed E-state index contributed by atoms with van der Waals surface area (Å²) in [6.07, 6.45) is 5.63. The first-order chi connectivity index (χ1) is 9.54. The van der Waals surface area contributed by atoms with E-state index in [-0.39, 0.29) is 18.5 Å². The first kappa shape index (κ1) is 15.6. The molecule has 0 radical (unpaired) electrons. The Kier molecular flexibility index (Phi) is 6.11. The summed E-state index contributed by atoms with van der Waals surface area (Å²) in [7, 11) is 0. The smallest absolute Gasteiger partial charge is 0.322 e. The van der Waals surface area contributed by atoms with Crippen LogP contribution >= 0.6 is 0 Å². The molecule has 2 amide bonds. The van der Waals surface area contributed by atoms with E-state index < -0.39 is 5.97 Å². The minimum Gasteiger partial charge on any atom is -0.481 e. The number of rotatable bonds is 6. The van der Waals surface area contributed by atoms with E-state index in [2.05, 4.69) is 11.2 Å². The van der Waals surface area contributed by atoms with E-state index in [4.69, 9.17) is 11.5 Å². The van der Waals surface area contributed by atoms with Gasteiger partial charge in [-0.3, -0.25) is 9.69 Å². The predicted octanol–water partition coefficient (Wildman–Crippen LogP) is 2.09. The van der Waals surface area contributed by atoms with Gasteiger partial charge >= 0.3 is 12.0 Å². The van der Waals surface area contributed by atoms with E-state index in [1.807, 2.05) is 18.2 Å². The van der Waals surface area contributed by atoms with Crippen LogP contribution < -0.4 is 10.2 Å². The molecule has 1 rings (SSSR count). The van der Waals surface area contributed by atoms with Gasteiger partial charge < -0.3 is 10.4 Å². The number of nitrogens with one attached hydrogen (secondary N) is 1. The number of urea groups is 1. The zero-order valence-electron chi connectivity index (χ0n) is 11.4. The molecule has 1 aromatic carbocycles. The van der Waals surface area contributed by atoms with Crippen LogP contribution in [0.25, 0.3) is 0 Å². The van der Waals surface area contributed by atoms with Gasteiger partial charge in [0.05, 0.1) is 6.04 Å². The molecule has 0 saturated carbocycles. The number of carbonyl (C=O) groups is 2. The van der Waals surface area contributed by atoms with Crippen molar-refractivity contribution in [2.75, 3.05) is 11.4 Å². The fourth-order valence-corrected chi connectivity index (χ4v) is 1.65. The van der Waals surface area contributed by atoms with Crippen molar-refractivity contribution in [3.05, 3.63) is 30.3 Å².